The van der Waals surface area contributed by atoms with E-state index in [2.05, 4.69) is 29.4 Å². The molecule has 4 heteroatoms. The molecule has 0 saturated carbocycles. The fraction of sp³-hybridized carbons (Fsp3) is 0.467. The van der Waals surface area contributed by atoms with Crippen LogP contribution < -0.4 is 5.32 Å². The Morgan fingerprint density at radius 1 is 1.11 bits per heavy atom. The molecule has 4 nitrogen and oxygen atoms in total. The van der Waals surface area contributed by atoms with Crippen molar-refractivity contribution in [3.8, 4) is 11.5 Å². The molecule has 0 saturated heterocycles. The second kappa shape index (κ2) is 7.04. The minimum atomic E-state index is 0.595. The molecule has 2 aromatic rings. The second-order valence-corrected chi connectivity index (χ2v) is 5.05. The Balaban J connectivity index is 1.78. The highest BCUT2D eigenvalue weighted by atomic mass is 16.4. The molecule has 2 rings (SSSR count). The van der Waals surface area contributed by atoms with Crippen LogP contribution in [0, 0.1) is 5.92 Å². The minimum Gasteiger partial charge on any atom is -0.421 e. The number of nitrogens with one attached hydrogen (secondary N) is 1. The molecule has 19 heavy (non-hydrogen) atoms. The first kappa shape index (κ1) is 13.7. The van der Waals surface area contributed by atoms with Crippen molar-refractivity contribution in [3.05, 3.63) is 36.2 Å². The summed E-state index contributed by atoms with van der Waals surface area (Å²) in [7, 11) is 0. The molecule has 102 valence electrons. The number of benzene rings is 1. The lowest BCUT2D eigenvalue weighted by Crippen LogP contribution is -2.19. The molecule has 0 unspecified atom stereocenters. The fourth-order valence-corrected chi connectivity index (χ4v) is 1.76. The minimum absolute atomic E-state index is 0.595. The Kier molecular flexibility index (Phi) is 5.10. The monoisotopic (exact) mass is 259 g/mol. The average Bonchev–Trinajstić information content (AvgIpc) is 2.88. The average molecular weight is 259 g/mol. The lowest BCUT2D eigenvalue weighted by molar-refractivity contribution is 0.484. The smallest absolute Gasteiger partial charge is 0.247 e. The highest BCUT2D eigenvalue weighted by Gasteiger charge is 2.07. The molecule has 0 bridgehead atoms. The van der Waals surface area contributed by atoms with Gasteiger partial charge in [-0.2, -0.15) is 0 Å². The van der Waals surface area contributed by atoms with Gasteiger partial charge in [0.1, 0.15) is 0 Å². The Hall–Kier alpha value is -1.68. The maximum atomic E-state index is 5.64. The first-order chi connectivity index (χ1) is 9.25. The van der Waals surface area contributed by atoms with Crippen LogP contribution in [-0.2, 0) is 6.42 Å². The van der Waals surface area contributed by atoms with E-state index in [9.17, 15) is 0 Å². The molecule has 0 aliphatic heterocycles. The van der Waals surface area contributed by atoms with Crippen LogP contribution in [0.25, 0.3) is 11.5 Å². The largest absolute Gasteiger partial charge is 0.421 e. The number of nitrogens with zero attached hydrogens (tertiary/aromatic N) is 2. The zero-order valence-corrected chi connectivity index (χ0v) is 11.6. The summed E-state index contributed by atoms with van der Waals surface area (Å²) in [6, 6.07) is 9.84. The summed E-state index contributed by atoms with van der Waals surface area (Å²) in [5.41, 5.74) is 0.967. The van der Waals surface area contributed by atoms with Crippen molar-refractivity contribution in [2.45, 2.75) is 26.7 Å². The lowest BCUT2D eigenvalue weighted by atomic mass is 10.1. The van der Waals surface area contributed by atoms with Crippen LogP contribution in [0.3, 0.4) is 0 Å². The Bertz CT molecular complexity index is 479. The summed E-state index contributed by atoms with van der Waals surface area (Å²) in [5.74, 6) is 2.02. The van der Waals surface area contributed by atoms with Gasteiger partial charge in [0.2, 0.25) is 11.8 Å². The highest BCUT2D eigenvalue weighted by Crippen LogP contribution is 2.16. The van der Waals surface area contributed by atoms with E-state index in [1.807, 2.05) is 30.3 Å². The fourth-order valence-electron chi connectivity index (χ4n) is 1.76. The molecule has 0 spiro atoms. The number of rotatable bonds is 7. The molecule has 1 heterocycles. The van der Waals surface area contributed by atoms with Crippen LogP contribution >= 0.6 is 0 Å². The summed E-state index contributed by atoms with van der Waals surface area (Å²) in [4.78, 5) is 0. The van der Waals surface area contributed by atoms with Crippen molar-refractivity contribution in [1.82, 2.24) is 15.5 Å². The molecule has 0 amide bonds. The van der Waals surface area contributed by atoms with Gasteiger partial charge in [0.25, 0.3) is 0 Å². The first-order valence-corrected chi connectivity index (χ1v) is 6.84. The lowest BCUT2D eigenvalue weighted by Gasteiger charge is -2.04. The van der Waals surface area contributed by atoms with Crippen LogP contribution in [0.2, 0.25) is 0 Å². The number of hydrogen-bond acceptors (Lipinski definition) is 4. The van der Waals surface area contributed by atoms with Gasteiger partial charge >= 0.3 is 0 Å². The first-order valence-electron chi connectivity index (χ1n) is 6.84. The van der Waals surface area contributed by atoms with E-state index in [0.717, 1.165) is 31.0 Å². The van der Waals surface area contributed by atoms with Crippen LogP contribution in [0.4, 0.5) is 0 Å². The predicted molar refractivity (Wildman–Crippen MR) is 75.8 cm³/mol. The summed E-state index contributed by atoms with van der Waals surface area (Å²) in [6.45, 7) is 6.37. The van der Waals surface area contributed by atoms with E-state index in [-0.39, 0.29) is 0 Å². The van der Waals surface area contributed by atoms with Gasteiger partial charge in [0.05, 0.1) is 0 Å². The van der Waals surface area contributed by atoms with Gasteiger partial charge in [-0.05, 0) is 31.0 Å². The van der Waals surface area contributed by atoms with E-state index in [1.54, 1.807) is 0 Å². The summed E-state index contributed by atoms with van der Waals surface area (Å²) in [6.07, 6.45) is 1.97. The standard InChI is InChI=1S/C15H21N3O/c1-12(2)8-10-16-11-9-14-17-18-15(19-14)13-6-4-3-5-7-13/h3-7,12,16H,8-11H2,1-2H3. The van der Waals surface area contributed by atoms with Crippen molar-refractivity contribution in [2.24, 2.45) is 5.92 Å². The van der Waals surface area contributed by atoms with Gasteiger partial charge in [0.15, 0.2) is 0 Å². The molecule has 1 N–H and O–H groups in total. The van der Waals surface area contributed by atoms with E-state index >= 15 is 0 Å². The van der Waals surface area contributed by atoms with Crippen molar-refractivity contribution in [3.63, 3.8) is 0 Å². The normalized spacial score (nSPS) is 11.1. The van der Waals surface area contributed by atoms with E-state index in [4.69, 9.17) is 4.42 Å². The van der Waals surface area contributed by atoms with Crippen LogP contribution in [-0.4, -0.2) is 23.3 Å². The van der Waals surface area contributed by atoms with Gasteiger partial charge in [-0.1, -0.05) is 32.0 Å². The van der Waals surface area contributed by atoms with Crippen LogP contribution in [0.15, 0.2) is 34.7 Å². The third-order valence-electron chi connectivity index (χ3n) is 2.90. The zero-order chi connectivity index (χ0) is 13.5. The van der Waals surface area contributed by atoms with E-state index < -0.39 is 0 Å². The molecule has 0 atom stereocenters. The Labute approximate surface area is 114 Å². The molecule has 0 aliphatic carbocycles. The van der Waals surface area contributed by atoms with Crippen LogP contribution in [0.5, 0.6) is 0 Å². The van der Waals surface area contributed by atoms with Crippen molar-refractivity contribution in [2.75, 3.05) is 13.1 Å². The molecular weight excluding hydrogens is 238 g/mol. The SMILES string of the molecule is CC(C)CCNCCc1nnc(-c2ccccc2)o1. The third kappa shape index (κ3) is 4.48. The Morgan fingerprint density at radius 2 is 1.89 bits per heavy atom. The van der Waals surface area contributed by atoms with Gasteiger partial charge in [0, 0.05) is 18.5 Å². The maximum absolute atomic E-state index is 5.64. The highest BCUT2D eigenvalue weighted by molar-refractivity contribution is 5.51. The van der Waals surface area contributed by atoms with Gasteiger partial charge < -0.3 is 9.73 Å². The van der Waals surface area contributed by atoms with Gasteiger partial charge in [-0.25, -0.2) is 0 Å². The summed E-state index contributed by atoms with van der Waals surface area (Å²) in [5, 5.41) is 11.5. The molecule has 0 radical (unpaired) electrons. The van der Waals surface area contributed by atoms with Crippen molar-refractivity contribution >= 4 is 0 Å². The van der Waals surface area contributed by atoms with Crippen molar-refractivity contribution in [1.29, 1.82) is 0 Å². The van der Waals surface area contributed by atoms with Crippen molar-refractivity contribution < 1.29 is 4.42 Å². The van der Waals surface area contributed by atoms with E-state index in [0.29, 0.717) is 11.8 Å². The number of hydrogen-bond donors (Lipinski definition) is 1. The van der Waals surface area contributed by atoms with Gasteiger partial charge in [-0.3, -0.25) is 0 Å². The quantitative estimate of drug-likeness (QED) is 0.777. The summed E-state index contributed by atoms with van der Waals surface area (Å²) < 4.78 is 5.64. The molecular formula is C15H21N3O. The topological polar surface area (TPSA) is 51.0 Å². The summed E-state index contributed by atoms with van der Waals surface area (Å²) >= 11 is 0. The van der Waals surface area contributed by atoms with Gasteiger partial charge in [-0.15, -0.1) is 10.2 Å². The molecule has 0 fully saturated rings. The Morgan fingerprint density at radius 3 is 2.63 bits per heavy atom. The number of aromatic nitrogens is 2. The van der Waals surface area contributed by atoms with E-state index in [1.165, 1.54) is 6.42 Å². The third-order valence-corrected chi connectivity index (χ3v) is 2.90. The zero-order valence-electron chi connectivity index (χ0n) is 11.6. The van der Waals surface area contributed by atoms with Crippen LogP contribution in [0.1, 0.15) is 26.2 Å². The molecule has 1 aromatic heterocycles. The predicted octanol–water partition coefficient (Wildman–Crippen LogP) is 2.91. The maximum Gasteiger partial charge on any atom is 0.247 e. The molecule has 1 aromatic carbocycles. The molecule has 0 aliphatic rings. The second-order valence-electron chi connectivity index (χ2n) is 5.05.